The number of hydrogen-bond acceptors (Lipinski definition) is 3. The molecule has 1 saturated carbocycles. The van der Waals surface area contributed by atoms with Gasteiger partial charge in [-0.05, 0) is 12.8 Å². The second-order valence-corrected chi connectivity index (χ2v) is 5.71. The van der Waals surface area contributed by atoms with Crippen molar-refractivity contribution in [2.24, 2.45) is 5.73 Å². The van der Waals surface area contributed by atoms with Crippen LogP contribution in [0.5, 0.6) is 0 Å². The van der Waals surface area contributed by atoms with Gasteiger partial charge in [0.2, 0.25) is 5.91 Å². The highest BCUT2D eigenvalue weighted by atomic mass is 16.2. The maximum atomic E-state index is 11.7. The van der Waals surface area contributed by atoms with Crippen molar-refractivity contribution in [1.82, 2.24) is 9.80 Å². The lowest BCUT2D eigenvalue weighted by molar-refractivity contribution is -0.133. The average molecular weight is 253 g/mol. The summed E-state index contributed by atoms with van der Waals surface area (Å²) in [6.07, 6.45) is 7.09. The summed E-state index contributed by atoms with van der Waals surface area (Å²) in [7, 11) is 0. The molecule has 2 fully saturated rings. The van der Waals surface area contributed by atoms with Gasteiger partial charge in [-0.25, -0.2) is 0 Å². The molecule has 104 valence electrons. The third kappa shape index (κ3) is 2.69. The molecular weight excluding hydrogens is 226 g/mol. The van der Waals surface area contributed by atoms with Gasteiger partial charge in [0.05, 0.1) is 0 Å². The first-order chi connectivity index (χ1) is 8.72. The number of carbonyl (C=O) groups excluding carboxylic acids is 1. The van der Waals surface area contributed by atoms with E-state index in [0.717, 1.165) is 32.7 Å². The van der Waals surface area contributed by atoms with Crippen molar-refractivity contribution >= 4 is 5.91 Å². The van der Waals surface area contributed by atoms with E-state index in [2.05, 4.69) is 4.90 Å². The standard InChI is InChI=1S/C14H27N3O/c1-2-13(18)16-8-10-17(11-9-16)14(12-15)6-4-3-5-7-14/h2-12,15H2,1H3. The summed E-state index contributed by atoms with van der Waals surface area (Å²) in [4.78, 5) is 16.2. The van der Waals surface area contributed by atoms with E-state index in [0.29, 0.717) is 12.3 Å². The fraction of sp³-hybridized carbons (Fsp3) is 0.929. The van der Waals surface area contributed by atoms with E-state index in [9.17, 15) is 4.79 Å². The van der Waals surface area contributed by atoms with E-state index in [-0.39, 0.29) is 5.54 Å². The lowest BCUT2D eigenvalue weighted by Gasteiger charge is -2.49. The monoisotopic (exact) mass is 253 g/mol. The van der Waals surface area contributed by atoms with Crippen LogP contribution < -0.4 is 5.73 Å². The molecule has 1 saturated heterocycles. The Morgan fingerprint density at radius 2 is 1.72 bits per heavy atom. The van der Waals surface area contributed by atoms with Gasteiger partial charge in [0.15, 0.2) is 0 Å². The molecule has 1 amide bonds. The zero-order valence-corrected chi connectivity index (χ0v) is 11.7. The molecule has 2 aliphatic rings. The number of nitrogens with zero attached hydrogens (tertiary/aromatic N) is 2. The summed E-state index contributed by atoms with van der Waals surface area (Å²) in [6.45, 7) is 6.49. The number of hydrogen-bond donors (Lipinski definition) is 1. The first-order valence-corrected chi connectivity index (χ1v) is 7.45. The lowest BCUT2D eigenvalue weighted by Crippen LogP contribution is -2.61. The van der Waals surface area contributed by atoms with Crippen molar-refractivity contribution in [2.45, 2.75) is 51.0 Å². The molecule has 1 aliphatic heterocycles. The minimum Gasteiger partial charge on any atom is -0.340 e. The van der Waals surface area contributed by atoms with Crippen molar-refractivity contribution < 1.29 is 4.79 Å². The Morgan fingerprint density at radius 1 is 1.11 bits per heavy atom. The predicted octanol–water partition coefficient (Wildman–Crippen LogP) is 1.20. The van der Waals surface area contributed by atoms with Crippen LogP contribution in [0.4, 0.5) is 0 Å². The van der Waals surface area contributed by atoms with Gasteiger partial charge in [0.25, 0.3) is 0 Å². The molecule has 0 aromatic carbocycles. The van der Waals surface area contributed by atoms with Crippen molar-refractivity contribution in [3.8, 4) is 0 Å². The number of rotatable bonds is 3. The molecule has 0 unspecified atom stereocenters. The Bertz CT molecular complexity index is 279. The molecule has 4 nitrogen and oxygen atoms in total. The van der Waals surface area contributed by atoms with Crippen LogP contribution >= 0.6 is 0 Å². The highest BCUT2D eigenvalue weighted by Gasteiger charge is 2.38. The second kappa shape index (κ2) is 6.02. The van der Waals surface area contributed by atoms with Crippen LogP contribution in [0, 0.1) is 0 Å². The Labute approximate surface area is 110 Å². The lowest BCUT2D eigenvalue weighted by atomic mass is 9.80. The molecule has 18 heavy (non-hydrogen) atoms. The van der Waals surface area contributed by atoms with Gasteiger partial charge >= 0.3 is 0 Å². The molecule has 0 radical (unpaired) electrons. The van der Waals surface area contributed by atoms with Gasteiger partial charge in [-0.1, -0.05) is 26.2 Å². The molecule has 1 aliphatic carbocycles. The summed E-state index contributed by atoms with van der Waals surface area (Å²) in [5.41, 5.74) is 6.30. The smallest absolute Gasteiger partial charge is 0.222 e. The average Bonchev–Trinajstić information content (AvgIpc) is 2.47. The summed E-state index contributed by atoms with van der Waals surface area (Å²) in [5, 5.41) is 0. The minimum absolute atomic E-state index is 0.236. The molecule has 4 heteroatoms. The normalized spacial score (nSPS) is 25.1. The zero-order chi connectivity index (χ0) is 13.0. The molecule has 0 spiro atoms. The maximum absolute atomic E-state index is 11.7. The molecule has 1 heterocycles. The predicted molar refractivity (Wildman–Crippen MR) is 73.3 cm³/mol. The van der Waals surface area contributed by atoms with Gasteiger partial charge < -0.3 is 10.6 Å². The van der Waals surface area contributed by atoms with Crippen molar-refractivity contribution in [2.75, 3.05) is 32.7 Å². The zero-order valence-electron chi connectivity index (χ0n) is 11.7. The number of amides is 1. The van der Waals surface area contributed by atoms with Crippen LogP contribution in [-0.4, -0.2) is 54.0 Å². The Hall–Kier alpha value is -0.610. The van der Waals surface area contributed by atoms with E-state index in [4.69, 9.17) is 5.73 Å². The molecule has 2 rings (SSSR count). The molecule has 0 atom stereocenters. The van der Waals surface area contributed by atoms with Crippen LogP contribution in [0.15, 0.2) is 0 Å². The van der Waals surface area contributed by atoms with Crippen LogP contribution in [0.2, 0.25) is 0 Å². The Morgan fingerprint density at radius 3 is 2.22 bits per heavy atom. The summed E-state index contributed by atoms with van der Waals surface area (Å²) < 4.78 is 0. The second-order valence-electron chi connectivity index (χ2n) is 5.71. The molecule has 0 bridgehead atoms. The summed E-state index contributed by atoms with van der Waals surface area (Å²) in [6, 6.07) is 0. The Kier molecular flexibility index (Phi) is 4.62. The molecular formula is C14H27N3O. The Balaban J connectivity index is 1.93. The topological polar surface area (TPSA) is 49.6 Å². The number of carbonyl (C=O) groups is 1. The third-order valence-corrected chi connectivity index (χ3v) is 4.77. The summed E-state index contributed by atoms with van der Waals surface area (Å²) >= 11 is 0. The highest BCUT2D eigenvalue weighted by molar-refractivity contribution is 5.75. The van der Waals surface area contributed by atoms with Gasteiger partial charge in [-0.15, -0.1) is 0 Å². The van der Waals surface area contributed by atoms with E-state index in [1.165, 1.54) is 32.1 Å². The van der Waals surface area contributed by atoms with Gasteiger partial charge in [-0.3, -0.25) is 9.69 Å². The van der Waals surface area contributed by atoms with Crippen LogP contribution in [-0.2, 0) is 4.79 Å². The SMILES string of the molecule is CCC(=O)N1CCN(C2(CN)CCCCC2)CC1. The fourth-order valence-corrected chi connectivity index (χ4v) is 3.51. The van der Waals surface area contributed by atoms with Crippen molar-refractivity contribution in [3.05, 3.63) is 0 Å². The van der Waals surface area contributed by atoms with Crippen LogP contribution in [0.1, 0.15) is 45.4 Å². The fourth-order valence-electron chi connectivity index (χ4n) is 3.51. The van der Waals surface area contributed by atoms with E-state index in [1.54, 1.807) is 0 Å². The first kappa shape index (κ1) is 13.8. The quantitative estimate of drug-likeness (QED) is 0.822. The molecule has 0 aromatic rings. The minimum atomic E-state index is 0.236. The van der Waals surface area contributed by atoms with Crippen LogP contribution in [0.25, 0.3) is 0 Å². The van der Waals surface area contributed by atoms with Gasteiger partial charge in [-0.2, -0.15) is 0 Å². The van der Waals surface area contributed by atoms with Gasteiger partial charge in [0, 0.05) is 44.7 Å². The van der Waals surface area contributed by atoms with Crippen LogP contribution in [0.3, 0.4) is 0 Å². The van der Waals surface area contributed by atoms with Crippen molar-refractivity contribution in [3.63, 3.8) is 0 Å². The number of nitrogens with two attached hydrogens (primary N) is 1. The van der Waals surface area contributed by atoms with Crippen molar-refractivity contribution in [1.29, 1.82) is 0 Å². The number of piperazine rings is 1. The van der Waals surface area contributed by atoms with E-state index < -0.39 is 0 Å². The maximum Gasteiger partial charge on any atom is 0.222 e. The largest absolute Gasteiger partial charge is 0.340 e. The highest BCUT2D eigenvalue weighted by Crippen LogP contribution is 2.33. The molecule has 2 N–H and O–H groups in total. The van der Waals surface area contributed by atoms with Gasteiger partial charge in [0.1, 0.15) is 0 Å². The third-order valence-electron chi connectivity index (χ3n) is 4.77. The molecule has 0 aromatic heterocycles. The van der Waals surface area contributed by atoms with E-state index in [1.807, 2.05) is 11.8 Å². The summed E-state index contributed by atoms with van der Waals surface area (Å²) in [5.74, 6) is 0.292. The first-order valence-electron chi connectivity index (χ1n) is 7.45. The van der Waals surface area contributed by atoms with E-state index >= 15 is 0 Å².